The molecule has 0 aromatic rings. The standard InChI is InChI=1S/C9H23N3.CH4/c1-6-11(5)9-12(7-2)8-10(3)4;/h6-9H2,1-5H3;1H4. The Balaban J connectivity index is 0. The molecule has 0 saturated heterocycles. The van der Waals surface area contributed by atoms with Crippen molar-refractivity contribution in [2.75, 3.05) is 47.6 Å². The lowest BCUT2D eigenvalue weighted by Crippen LogP contribution is -2.40. The molecule has 0 aliphatic heterocycles. The molecule has 0 aliphatic carbocycles. The molecule has 3 heteroatoms. The zero-order valence-electron chi connectivity index (χ0n) is 9.17. The number of hydrogen-bond donors (Lipinski definition) is 0. The van der Waals surface area contributed by atoms with E-state index in [0.717, 1.165) is 26.4 Å². The SMILES string of the molecule is C.CCN(C)CN(CC)CN(C)C. The van der Waals surface area contributed by atoms with Crippen molar-refractivity contribution in [2.24, 2.45) is 0 Å². The van der Waals surface area contributed by atoms with Crippen molar-refractivity contribution in [3.05, 3.63) is 0 Å². The van der Waals surface area contributed by atoms with E-state index in [0.29, 0.717) is 0 Å². The molecule has 3 nitrogen and oxygen atoms in total. The Kier molecular flexibility index (Phi) is 10.0. The van der Waals surface area contributed by atoms with Crippen LogP contribution < -0.4 is 0 Å². The first-order valence-corrected chi connectivity index (χ1v) is 4.65. The summed E-state index contributed by atoms with van der Waals surface area (Å²) < 4.78 is 0. The Bertz CT molecular complexity index is 104. The smallest absolute Gasteiger partial charge is 0.0515 e. The van der Waals surface area contributed by atoms with Crippen LogP contribution in [0.2, 0.25) is 0 Å². The molecule has 0 atom stereocenters. The van der Waals surface area contributed by atoms with E-state index in [2.05, 4.69) is 49.7 Å². The second kappa shape index (κ2) is 8.48. The molecule has 0 heterocycles. The quantitative estimate of drug-likeness (QED) is 0.584. The Labute approximate surface area is 84.3 Å². The van der Waals surface area contributed by atoms with Gasteiger partial charge in [0.2, 0.25) is 0 Å². The van der Waals surface area contributed by atoms with Crippen molar-refractivity contribution in [1.82, 2.24) is 14.7 Å². The highest BCUT2D eigenvalue weighted by Crippen LogP contribution is 1.92. The maximum Gasteiger partial charge on any atom is 0.0515 e. The van der Waals surface area contributed by atoms with E-state index in [1.807, 2.05) is 0 Å². The minimum atomic E-state index is 0. The fourth-order valence-electron chi connectivity index (χ4n) is 1.09. The van der Waals surface area contributed by atoms with Crippen LogP contribution in [0.5, 0.6) is 0 Å². The number of hydrogen-bond acceptors (Lipinski definition) is 3. The average molecular weight is 189 g/mol. The van der Waals surface area contributed by atoms with Gasteiger partial charge in [-0.15, -0.1) is 0 Å². The summed E-state index contributed by atoms with van der Waals surface area (Å²) in [4.78, 5) is 6.92. The van der Waals surface area contributed by atoms with Gasteiger partial charge in [-0.25, -0.2) is 0 Å². The van der Waals surface area contributed by atoms with Gasteiger partial charge in [-0.2, -0.15) is 0 Å². The van der Waals surface area contributed by atoms with Gasteiger partial charge in [0.15, 0.2) is 0 Å². The van der Waals surface area contributed by atoms with Crippen molar-refractivity contribution in [1.29, 1.82) is 0 Å². The first-order valence-electron chi connectivity index (χ1n) is 4.65. The van der Waals surface area contributed by atoms with Gasteiger partial charge >= 0.3 is 0 Å². The molecule has 0 aromatic heterocycles. The molecule has 0 spiro atoms. The van der Waals surface area contributed by atoms with E-state index in [1.165, 1.54) is 0 Å². The zero-order valence-corrected chi connectivity index (χ0v) is 9.17. The van der Waals surface area contributed by atoms with Gasteiger partial charge in [0.05, 0.1) is 13.3 Å². The van der Waals surface area contributed by atoms with Crippen molar-refractivity contribution in [3.63, 3.8) is 0 Å². The summed E-state index contributed by atoms with van der Waals surface area (Å²) >= 11 is 0. The van der Waals surface area contributed by atoms with Crippen LogP contribution in [0.4, 0.5) is 0 Å². The topological polar surface area (TPSA) is 9.72 Å². The van der Waals surface area contributed by atoms with Crippen molar-refractivity contribution in [3.8, 4) is 0 Å². The summed E-state index contributed by atoms with van der Waals surface area (Å²) in [5.74, 6) is 0. The van der Waals surface area contributed by atoms with Crippen LogP contribution in [0.25, 0.3) is 0 Å². The van der Waals surface area contributed by atoms with Crippen LogP contribution in [0.1, 0.15) is 21.3 Å². The fraction of sp³-hybridized carbons (Fsp3) is 1.00. The van der Waals surface area contributed by atoms with Gasteiger partial charge < -0.3 is 0 Å². The lowest BCUT2D eigenvalue weighted by molar-refractivity contribution is 0.114. The van der Waals surface area contributed by atoms with Gasteiger partial charge in [0.1, 0.15) is 0 Å². The van der Waals surface area contributed by atoms with E-state index in [9.17, 15) is 0 Å². The van der Waals surface area contributed by atoms with Crippen molar-refractivity contribution in [2.45, 2.75) is 21.3 Å². The monoisotopic (exact) mass is 189 g/mol. The molecule has 0 unspecified atom stereocenters. The molecule has 0 fully saturated rings. The number of nitrogens with zero attached hydrogens (tertiary/aromatic N) is 3. The molecule has 0 aromatic carbocycles. The third-order valence-electron chi connectivity index (χ3n) is 1.91. The van der Waals surface area contributed by atoms with Crippen LogP contribution >= 0.6 is 0 Å². The van der Waals surface area contributed by atoms with Crippen LogP contribution in [0.15, 0.2) is 0 Å². The minimum absolute atomic E-state index is 0. The second-order valence-electron chi connectivity index (χ2n) is 3.52. The molecular formula is C10H27N3. The Morgan fingerprint density at radius 2 is 1.38 bits per heavy atom. The highest BCUT2D eigenvalue weighted by Gasteiger charge is 2.04. The van der Waals surface area contributed by atoms with Gasteiger partial charge in [0, 0.05) is 0 Å². The van der Waals surface area contributed by atoms with Gasteiger partial charge in [-0.1, -0.05) is 21.3 Å². The maximum absolute atomic E-state index is 2.41. The molecule has 0 aliphatic rings. The maximum atomic E-state index is 2.41. The molecule has 13 heavy (non-hydrogen) atoms. The number of rotatable bonds is 6. The summed E-state index contributed by atoms with van der Waals surface area (Å²) in [6.07, 6.45) is 0. The largest absolute Gasteiger partial charge is 0.297 e. The van der Waals surface area contributed by atoms with E-state index < -0.39 is 0 Å². The van der Waals surface area contributed by atoms with Crippen LogP contribution in [0, 0.1) is 0 Å². The molecular weight excluding hydrogens is 162 g/mol. The van der Waals surface area contributed by atoms with E-state index in [1.54, 1.807) is 0 Å². The van der Waals surface area contributed by atoms with Crippen LogP contribution in [0.3, 0.4) is 0 Å². The van der Waals surface area contributed by atoms with E-state index >= 15 is 0 Å². The second-order valence-corrected chi connectivity index (χ2v) is 3.52. The van der Waals surface area contributed by atoms with Crippen molar-refractivity contribution >= 4 is 0 Å². The predicted octanol–water partition coefficient (Wildman–Crippen LogP) is 1.37. The summed E-state index contributed by atoms with van der Waals surface area (Å²) in [7, 11) is 6.36. The summed E-state index contributed by atoms with van der Waals surface area (Å²) in [5.41, 5.74) is 0. The average Bonchev–Trinajstić information content (AvgIpc) is 2.02. The Morgan fingerprint density at radius 3 is 1.69 bits per heavy atom. The van der Waals surface area contributed by atoms with Crippen LogP contribution in [-0.4, -0.2) is 62.3 Å². The fourth-order valence-corrected chi connectivity index (χ4v) is 1.09. The lowest BCUT2D eigenvalue weighted by Gasteiger charge is -2.28. The van der Waals surface area contributed by atoms with Crippen molar-refractivity contribution < 1.29 is 0 Å². The molecule has 0 saturated carbocycles. The van der Waals surface area contributed by atoms with E-state index in [-0.39, 0.29) is 7.43 Å². The van der Waals surface area contributed by atoms with Gasteiger partial charge in [-0.3, -0.25) is 14.7 Å². The minimum Gasteiger partial charge on any atom is -0.297 e. The highest BCUT2D eigenvalue weighted by molar-refractivity contribution is 4.52. The molecule has 0 bridgehead atoms. The molecule has 0 radical (unpaired) electrons. The zero-order chi connectivity index (χ0) is 9.56. The molecule has 82 valence electrons. The molecule has 0 N–H and O–H groups in total. The van der Waals surface area contributed by atoms with Gasteiger partial charge in [-0.05, 0) is 34.2 Å². The Morgan fingerprint density at radius 1 is 0.846 bits per heavy atom. The summed E-state index contributed by atoms with van der Waals surface area (Å²) in [6.45, 7) is 8.72. The van der Waals surface area contributed by atoms with Crippen LogP contribution in [-0.2, 0) is 0 Å². The summed E-state index contributed by atoms with van der Waals surface area (Å²) in [5, 5.41) is 0. The normalized spacial score (nSPS) is 11.1. The first kappa shape index (κ1) is 15.4. The first-order chi connectivity index (χ1) is 5.60. The highest BCUT2D eigenvalue weighted by atomic mass is 15.4. The lowest BCUT2D eigenvalue weighted by atomic mass is 10.5. The molecule has 0 amide bonds. The van der Waals surface area contributed by atoms with Gasteiger partial charge in [0.25, 0.3) is 0 Å². The third kappa shape index (κ3) is 8.22. The third-order valence-corrected chi connectivity index (χ3v) is 1.91. The summed E-state index contributed by atoms with van der Waals surface area (Å²) in [6, 6.07) is 0. The predicted molar refractivity (Wildman–Crippen MR) is 60.8 cm³/mol. The Hall–Kier alpha value is -0.120. The molecule has 0 rings (SSSR count). The van der Waals surface area contributed by atoms with E-state index in [4.69, 9.17) is 0 Å².